The molecule has 1 aliphatic carbocycles. The molecule has 5 rings (SSSR count). The van der Waals surface area contributed by atoms with Crippen LogP contribution < -0.4 is 15.4 Å². The fraction of sp³-hybridized carbons (Fsp3) is 0.654. The fourth-order valence-electron chi connectivity index (χ4n) is 6.66. The second-order valence-corrected chi connectivity index (χ2v) is 11.7. The molecule has 5 atom stereocenters. The van der Waals surface area contributed by atoms with E-state index in [1.165, 1.54) is 6.42 Å². The number of ether oxygens (including phenoxy) is 1. The van der Waals surface area contributed by atoms with Crippen molar-refractivity contribution < 1.29 is 24.2 Å². The fourth-order valence-corrected chi connectivity index (χ4v) is 8.88. The summed E-state index contributed by atoms with van der Waals surface area (Å²) in [6.45, 7) is 2.38. The number of rotatable bonds is 8. The van der Waals surface area contributed by atoms with Gasteiger partial charge >= 0.3 is 0 Å². The Morgan fingerprint density at radius 3 is 2.57 bits per heavy atom. The summed E-state index contributed by atoms with van der Waals surface area (Å²) in [5, 5.41) is 15.9. The summed E-state index contributed by atoms with van der Waals surface area (Å²) < 4.78 is 4.86. The molecule has 4 fully saturated rings. The molecular weight excluding hydrogens is 466 g/mol. The molecule has 1 aromatic carbocycles. The van der Waals surface area contributed by atoms with Crippen LogP contribution in [0.3, 0.4) is 0 Å². The average molecular weight is 502 g/mol. The highest BCUT2D eigenvalue weighted by molar-refractivity contribution is 8.02. The predicted molar refractivity (Wildman–Crippen MR) is 134 cm³/mol. The second kappa shape index (κ2) is 10.0. The van der Waals surface area contributed by atoms with Gasteiger partial charge in [0.15, 0.2) is 0 Å². The first-order valence-electron chi connectivity index (χ1n) is 12.9. The Morgan fingerprint density at radius 1 is 1.14 bits per heavy atom. The molecular formula is C26H35N3O5S. The van der Waals surface area contributed by atoms with Crippen LogP contribution in [0.4, 0.5) is 5.69 Å². The van der Waals surface area contributed by atoms with Crippen LogP contribution in [-0.2, 0) is 14.4 Å². The largest absolute Gasteiger partial charge is 0.494 e. The van der Waals surface area contributed by atoms with Gasteiger partial charge in [-0.15, -0.1) is 11.8 Å². The molecule has 3 heterocycles. The topological polar surface area (TPSA) is 108 Å². The monoisotopic (exact) mass is 501 g/mol. The number of aliphatic hydroxyl groups excluding tert-OH is 1. The molecule has 2 unspecified atom stereocenters. The van der Waals surface area contributed by atoms with Crippen LogP contribution in [0.1, 0.15) is 51.9 Å². The van der Waals surface area contributed by atoms with Crippen LogP contribution >= 0.6 is 11.8 Å². The number of nitrogens with one attached hydrogen (secondary N) is 2. The van der Waals surface area contributed by atoms with Gasteiger partial charge in [0.2, 0.25) is 17.7 Å². The number of hydrogen-bond acceptors (Lipinski definition) is 6. The van der Waals surface area contributed by atoms with Gasteiger partial charge in [0.05, 0.1) is 29.8 Å². The molecule has 9 heteroatoms. The zero-order valence-electron chi connectivity index (χ0n) is 20.2. The Kier molecular flexibility index (Phi) is 6.99. The van der Waals surface area contributed by atoms with E-state index in [9.17, 15) is 19.5 Å². The van der Waals surface area contributed by atoms with Crippen LogP contribution in [-0.4, -0.2) is 69.6 Å². The minimum atomic E-state index is -0.646. The van der Waals surface area contributed by atoms with E-state index in [2.05, 4.69) is 10.6 Å². The van der Waals surface area contributed by atoms with Gasteiger partial charge in [-0.3, -0.25) is 14.4 Å². The summed E-state index contributed by atoms with van der Waals surface area (Å²) in [4.78, 5) is 42.3. The highest BCUT2D eigenvalue weighted by Gasteiger charge is 2.73. The zero-order valence-corrected chi connectivity index (χ0v) is 21.0. The van der Waals surface area contributed by atoms with Crippen molar-refractivity contribution in [1.82, 2.24) is 10.2 Å². The molecule has 3 aliphatic heterocycles. The molecule has 1 spiro atoms. The molecule has 190 valence electrons. The van der Waals surface area contributed by atoms with E-state index in [1.54, 1.807) is 28.8 Å². The van der Waals surface area contributed by atoms with Gasteiger partial charge in [-0.25, -0.2) is 0 Å². The Bertz CT molecular complexity index is 966. The number of anilines is 1. The molecule has 3 N–H and O–H groups in total. The number of benzene rings is 1. The predicted octanol–water partition coefficient (Wildman–Crippen LogP) is 2.56. The normalized spacial score (nSPS) is 31.9. The van der Waals surface area contributed by atoms with Crippen molar-refractivity contribution in [3.63, 3.8) is 0 Å². The Labute approximate surface area is 210 Å². The summed E-state index contributed by atoms with van der Waals surface area (Å²) in [5.74, 6) is -0.795. The Balaban J connectivity index is 1.37. The highest BCUT2D eigenvalue weighted by Crippen LogP contribution is 2.66. The van der Waals surface area contributed by atoms with Gasteiger partial charge in [-0.2, -0.15) is 0 Å². The number of nitrogens with zero attached hydrogens (tertiary/aromatic N) is 1. The van der Waals surface area contributed by atoms with Crippen LogP contribution in [0.5, 0.6) is 5.75 Å². The highest BCUT2D eigenvalue weighted by atomic mass is 32.2. The third-order valence-corrected chi connectivity index (χ3v) is 10.0. The van der Waals surface area contributed by atoms with Gasteiger partial charge in [-0.1, -0.05) is 19.3 Å². The zero-order chi connectivity index (χ0) is 24.6. The lowest BCUT2D eigenvalue weighted by molar-refractivity contribution is -0.139. The molecule has 2 bridgehead atoms. The van der Waals surface area contributed by atoms with Crippen LogP contribution in [0.25, 0.3) is 0 Å². The molecule has 3 amide bonds. The molecule has 35 heavy (non-hydrogen) atoms. The summed E-state index contributed by atoms with van der Waals surface area (Å²) >= 11 is 1.65. The van der Waals surface area contributed by atoms with Gasteiger partial charge in [0.25, 0.3) is 0 Å². The second-order valence-electron chi connectivity index (χ2n) is 10.1. The van der Waals surface area contributed by atoms with E-state index in [0.717, 1.165) is 44.3 Å². The van der Waals surface area contributed by atoms with Crippen molar-refractivity contribution in [2.45, 2.75) is 74.0 Å². The standard InChI is InChI=1S/C26H35N3O5S/c1-2-34-18-10-8-17(9-11-18)27-23(31)20-19-12-13-26(35-19)21(20)25(33)29(14-15-30)22(26)24(32)28-16-6-4-3-5-7-16/h8-11,16,19-22,30H,2-7,12-15H2,1H3,(H,27,31)(H,28,32)/t19-,20+,21-,22?,26?/m0/s1. The number of thioether (sulfide) groups is 1. The summed E-state index contributed by atoms with van der Waals surface area (Å²) in [6.07, 6.45) is 6.86. The first kappa shape index (κ1) is 24.4. The quantitative estimate of drug-likeness (QED) is 0.505. The number of β-amino-alcohol motifs (C(OH)–C–C–N with tert-alkyl or cyclic N) is 1. The molecule has 3 saturated heterocycles. The molecule has 4 aliphatic rings. The summed E-state index contributed by atoms with van der Waals surface area (Å²) in [5.41, 5.74) is 0.657. The van der Waals surface area contributed by atoms with Crippen molar-refractivity contribution in [3.8, 4) is 5.75 Å². The lowest BCUT2D eigenvalue weighted by Gasteiger charge is -2.35. The smallest absolute Gasteiger partial charge is 0.244 e. The van der Waals surface area contributed by atoms with Gasteiger partial charge < -0.3 is 25.4 Å². The van der Waals surface area contributed by atoms with Crippen molar-refractivity contribution in [1.29, 1.82) is 0 Å². The molecule has 0 aromatic heterocycles. The van der Waals surface area contributed by atoms with E-state index < -0.39 is 22.6 Å². The number of hydrogen-bond donors (Lipinski definition) is 3. The number of likely N-dealkylation sites (tertiary alicyclic amines) is 1. The maximum atomic E-state index is 13.7. The average Bonchev–Trinajstić information content (AvgIpc) is 3.49. The minimum Gasteiger partial charge on any atom is -0.494 e. The number of amides is 3. The number of fused-ring (bicyclic) bond motifs is 1. The lowest BCUT2D eigenvalue weighted by Crippen LogP contribution is -2.55. The van der Waals surface area contributed by atoms with Crippen molar-refractivity contribution >= 4 is 35.2 Å². The molecule has 0 radical (unpaired) electrons. The maximum absolute atomic E-state index is 13.7. The first-order valence-corrected chi connectivity index (χ1v) is 13.8. The van der Waals surface area contributed by atoms with Gasteiger partial charge in [-0.05, 0) is 56.9 Å². The van der Waals surface area contributed by atoms with E-state index in [-0.39, 0.29) is 42.2 Å². The van der Waals surface area contributed by atoms with E-state index in [1.807, 2.05) is 19.1 Å². The van der Waals surface area contributed by atoms with Crippen molar-refractivity contribution in [2.24, 2.45) is 11.8 Å². The summed E-state index contributed by atoms with van der Waals surface area (Å²) in [6, 6.07) is 6.71. The van der Waals surface area contributed by atoms with E-state index in [4.69, 9.17) is 4.74 Å². The van der Waals surface area contributed by atoms with Gasteiger partial charge in [0.1, 0.15) is 11.8 Å². The molecule has 8 nitrogen and oxygen atoms in total. The Hall–Kier alpha value is -2.26. The van der Waals surface area contributed by atoms with E-state index >= 15 is 0 Å². The third-order valence-electron chi connectivity index (χ3n) is 8.08. The van der Waals surface area contributed by atoms with Crippen molar-refractivity contribution in [2.75, 3.05) is 25.1 Å². The number of carbonyl (C=O) groups is 3. The van der Waals surface area contributed by atoms with E-state index in [0.29, 0.717) is 12.3 Å². The third kappa shape index (κ3) is 4.31. The Morgan fingerprint density at radius 2 is 1.89 bits per heavy atom. The van der Waals surface area contributed by atoms with Gasteiger partial charge in [0, 0.05) is 23.5 Å². The first-order chi connectivity index (χ1) is 17.0. The summed E-state index contributed by atoms with van der Waals surface area (Å²) in [7, 11) is 0. The molecule has 1 saturated carbocycles. The maximum Gasteiger partial charge on any atom is 0.244 e. The van der Waals surface area contributed by atoms with Crippen LogP contribution in [0, 0.1) is 11.8 Å². The SMILES string of the molecule is CCOc1ccc(NC(=O)[C@@H]2[C@@H]3CCC4(S3)C(C(=O)NC3CCCCC3)N(CCO)C(=O)[C@H]24)cc1. The van der Waals surface area contributed by atoms with Crippen LogP contribution in [0.15, 0.2) is 24.3 Å². The number of carbonyl (C=O) groups excluding carboxylic acids is 3. The van der Waals surface area contributed by atoms with Crippen LogP contribution in [0.2, 0.25) is 0 Å². The molecule has 1 aromatic rings. The lowest BCUT2D eigenvalue weighted by atomic mass is 9.70. The van der Waals surface area contributed by atoms with Crippen molar-refractivity contribution in [3.05, 3.63) is 24.3 Å². The minimum absolute atomic E-state index is 0.00732. The number of aliphatic hydroxyl groups is 1.